The van der Waals surface area contributed by atoms with Crippen LogP contribution in [-0.4, -0.2) is 64.1 Å². The van der Waals surface area contributed by atoms with Crippen molar-refractivity contribution < 1.29 is 9.59 Å². The quantitative estimate of drug-likeness (QED) is 0.904. The van der Waals surface area contributed by atoms with Crippen LogP contribution in [0.2, 0.25) is 0 Å². The van der Waals surface area contributed by atoms with Gasteiger partial charge < -0.3 is 15.1 Å². The highest BCUT2D eigenvalue weighted by Gasteiger charge is 2.44. The first-order valence-electron chi connectivity index (χ1n) is 8.75. The summed E-state index contributed by atoms with van der Waals surface area (Å²) < 4.78 is 1.57. The molecule has 1 aliphatic rings. The molecule has 1 saturated heterocycles. The molecule has 1 unspecified atom stereocenters. The van der Waals surface area contributed by atoms with Crippen molar-refractivity contribution in [2.45, 2.75) is 18.4 Å². The zero-order valence-electron chi connectivity index (χ0n) is 15.5. The fourth-order valence-electron chi connectivity index (χ4n) is 3.53. The van der Waals surface area contributed by atoms with E-state index in [2.05, 4.69) is 10.4 Å². The van der Waals surface area contributed by atoms with E-state index < -0.39 is 5.54 Å². The van der Waals surface area contributed by atoms with E-state index in [1.807, 2.05) is 30.3 Å². The standard InChI is InChI=1S/C19H25N5O2/c1-22(2)18(26)19(21-15-8-5-4-6-9-15)11-7-13-24(14-19)17(25)16-10-12-20-23(16)3/h4-6,8-10,12,21H,7,11,13-14H2,1-3H3. The summed E-state index contributed by atoms with van der Waals surface area (Å²) in [6.07, 6.45) is 3.04. The zero-order valence-corrected chi connectivity index (χ0v) is 15.5. The second-order valence-corrected chi connectivity index (χ2v) is 6.94. The Morgan fingerprint density at radius 1 is 1.19 bits per heavy atom. The Kier molecular flexibility index (Phi) is 4.97. The molecule has 0 spiro atoms. The summed E-state index contributed by atoms with van der Waals surface area (Å²) in [6.45, 7) is 0.950. The SMILES string of the molecule is CN(C)C(=O)C1(Nc2ccccc2)CCCN(C(=O)c2ccnn2C)C1. The van der Waals surface area contributed by atoms with Crippen LogP contribution in [-0.2, 0) is 11.8 Å². The third-order valence-electron chi connectivity index (χ3n) is 4.79. The number of carbonyl (C=O) groups excluding carboxylic acids is 2. The minimum atomic E-state index is -0.836. The normalized spacial score (nSPS) is 19.9. The predicted octanol–water partition coefficient (Wildman–Crippen LogP) is 1.60. The van der Waals surface area contributed by atoms with Gasteiger partial charge in [0.25, 0.3) is 5.91 Å². The van der Waals surface area contributed by atoms with Crippen molar-refractivity contribution in [1.29, 1.82) is 0 Å². The van der Waals surface area contributed by atoms with Gasteiger partial charge in [0.2, 0.25) is 5.91 Å². The van der Waals surface area contributed by atoms with E-state index in [0.717, 1.165) is 12.1 Å². The Morgan fingerprint density at radius 3 is 2.54 bits per heavy atom. The Hall–Kier alpha value is -2.83. The van der Waals surface area contributed by atoms with E-state index in [-0.39, 0.29) is 11.8 Å². The van der Waals surface area contributed by atoms with E-state index >= 15 is 0 Å². The van der Waals surface area contributed by atoms with Crippen LogP contribution in [0.15, 0.2) is 42.6 Å². The van der Waals surface area contributed by atoms with Crippen LogP contribution in [0.3, 0.4) is 0 Å². The molecule has 7 heteroatoms. The van der Waals surface area contributed by atoms with Gasteiger partial charge in [0, 0.05) is 39.6 Å². The number of rotatable bonds is 4. The number of amides is 2. The van der Waals surface area contributed by atoms with Crippen molar-refractivity contribution >= 4 is 17.5 Å². The molecular weight excluding hydrogens is 330 g/mol. The van der Waals surface area contributed by atoms with E-state index in [9.17, 15) is 9.59 Å². The maximum atomic E-state index is 13.1. The molecule has 3 rings (SSSR count). The number of anilines is 1. The summed E-state index contributed by atoms with van der Waals surface area (Å²) >= 11 is 0. The van der Waals surface area contributed by atoms with Crippen LogP contribution in [0, 0.1) is 0 Å². The first-order chi connectivity index (χ1) is 12.4. The molecule has 7 nitrogen and oxygen atoms in total. The first-order valence-corrected chi connectivity index (χ1v) is 8.75. The summed E-state index contributed by atoms with van der Waals surface area (Å²) in [4.78, 5) is 29.3. The highest BCUT2D eigenvalue weighted by molar-refractivity contribution is 5.95. The van der Waals surface area contributed by atoms with Gasteiger partial charge in [-0.1, -0.05) is 18.2 Å². The lowest BCUT2D eigenvalue weighted by molar-refractivity contribution is -0.135. The highest BCUT2D eigenvalue weighted by atomic mass is 16.2. The molecule has 138 valence electrons. The third-order valence-corrected chi connectivity index (χ3v) is 4.79. The molecule has 1 atom stereocenters. The minimum absolute atomic E-state index is 0.0242. The fraction of sp³-hybridized carbons (Fsp3) is 0.421. The van der Waals surface area contributed by atoms with Crippen LogP contribution in [0.5, 0.6) is 0 Å². The highest BCUT2D eigenvalue weighted by Crippen LogP contribution is 2.28. The lowest BCUT2D eigenvalue weighted by atomic mass is 9.86. The number of nitrogens with one attached hydrogen (secondary N) is 1. The van der Waals surface area contributed by atoms with Crippen molar-refractivity contribution in [3.63, 3.8) is 0 Å². The van der Waals surface area contributed by atoms with E-state index in [4.69, 9.17) is 0 Å². The van der Waals surface area contributed by atoms with E-state index in [1.165, 1.54) is 0 Å². The number of likely N-dealkylation sites (N-methyl/N-ethyl adjacent to an activating group) is 1. The van der Waals surface area contributed by atoms with Gasteiger partial charge >= 0.3 is 0 Å². The molecule has 1 N–H and O–H groups in total. The first kappa shape index (κ1) is 18.0. The second kappa shape index (κ2) is 7.19. The molecular formula is C19H25N5O2. The topological polar surface area (TPSA) is 70.5 Å². The van der Waals surface area contributed by atoms with Crippen LogP contribution in [0.1, 0.15) is 23.3 Å². The number of hydrogen-bond acceptors (Lipinski definition) is 4. The lowest BCUT2D eigenvalue weighted by Gasteiger charge is -2.43. The van der Waals surface area contributed by atoms with Gasteiger partial charge in [-0.05, 0) is 31.0 Å². The average Bonchev–Trinajstić information content (AvgIpc) is 3.07. The lowest BCUT2D eigenvalue weighted by Crippen LogP contribution is -2.62. The van der Waals surface area contributed by atoms with Gasteiger partial charge in [-0.2, -0.15) is 5.10 Å². The molecule has 1 aromatic carbocycles. The Morgan fingerprint density at radius 2 is 1.92 bits per heavy atom. The smallest absolute Gasteiger partial charge is 0.272 e. The molecule has 0 bridgehead atoms. The van der Waals surface area contributed by atoms with Crippen molar-refractivity contribution in [2.24, 2.45) is 7.05 Å². The number of aryl methyl sites for hydroxylation is 1. The largest absolute Gasteiger partial charge is 0.370 e. The maximum Gasteiger partial charge on any atom is 0.272 e. The summed E-state index contributed by atoms with van der Waals surface area (Å²) in [7, 11) is 5.24. The molecule has 2 heterocycles. The molecule has 1 fully saturated rings. The van der Waals surface area contributed by atoms with Gasteiger partial charge in [-0.25, -0.2) is 0 Å². The van der Waals surface area contributed by atoms with E-state index in [1.54, 1.807) is 47.9 Å². The fourth-order valence-corrected chi connectivity index (χ4v) is 3.53. The summed E-state index contributed by atoms with van der Waals surface area (Å²) in [5.41, 5.74) is 0.563. The van der Waals surface area contributed by atoms with Gasteiger partial charge in [-0.3, -0.25) is 14.3 Å². The Labute approximate surface area is 153 Å². The van der Waals surface area contributed by atoms with Crippen molar-refractivity contribution in [1.82, 2.24) is 19.6 Å². The number of hydrogen-bond donors (Lipinski definition) is 1. The maximum absolute atomic E-state index is 13.1. The molecule has 1 aromatic heterocycles. The second-order valence-electron chi connectivity index (χ2n) is 6.94. The minimum Gasteiger partial charge on any atom is -0.370 e. The van der Waals surface area contributed by atoms with Crippen molar-refractivity contribution in [3.8, 4) is 0 Å². The summed E-state index contributed by atoms with van der Waals surface area (Å²) in [5, 5.41) is 7.49. The molecule has 0 saturated carbocycles. The zero-order chi connectivity index (χ0) is 18.7. The summed E-state index contributed by atoms with van der Waals surface area (Å²) in [6, 6.07) is 11.4. The van der Waals surface area contributed by atoms with Gasteiger partial charge in [0.15, 0.2) is 0 Å². The summed E-state index contributed by atoms with van der Waals surface area (Å²) in [5.74, 6) is -0.126. The number of likely N-dealkylation sites (tertiary alicyclic amines) is 1. The van der Waals surface area contributed by atoms with Gasteiger partial charge in [-0.15, -0.1) is 0 Å². The van der Waals surface area contributed by atoms with Crippen molar-refractivity contribution in [3.05, 3.63) is 48.3 Å². The number of benzene rings is 1. The number of carbonyl (C=O) groups is 2. The molecule has 26 heavy (non-hydrogen) atoms. The molecule has 1 aliphatic heterocycles. The average molecular weight is 355 g/mol. The molecule has 2 amide bonds. The van der Waals surface area contributed by atoms with Crippen LogP contribution >= 0.6 is 0 Å². The van der Waals surface area contributed by atoms with Gasteiger partial charge in [0.05, 0.1) is 6.54 Å². The van der Waals surface area contributed by atoms with Gasteiger partial charge in [0.1, 0.15) is 11.2 Å². The molecule has 2 aromatic rings. The molecule has 0 aliphatic carbocycles. The predicted molar refractivity (Wildman–Crippen MR) is 99.8 cm³/mol. The van der Waals surface area contributed by atoms with Crippen LogP contribution in [0.25, 0.3) is 0 Å². The Balaban J connectivity index is 1.90. The van der Waals surface area contributed by atoms with E-state index in [0.29, 0.717) is 25.2 Å². The third kappa shape index (κ3) is 3.42. The monoisotopic (exact) mass is 355 g/mol. The van der Waals surface area contributed by atoms with Crippen LogP contribution < -0.4 is 5.32 Å². The van der Waals surface area contributed by atoms with Crippen molar-refractivity contribution in [2.75, 3.05) is 32.5 Å². The number of para-hydroxylation sites is 1. The number of nitrogens with zero attached hydrogens (tertiary/aromatic N) is 4. The Bertz CT molecular complexity index is 786. The number of piperidine rings is 1. The number of aromatic nitrogens is 2. The molecule has 0 radical (unpaired) electrons. The van der Waals surface area contributed by atoms with Crippen LogP contribution in [0.4, 0.5) is 5.69 Å².